The molecule has 200 valence electrons. The van der Waals surface area contributed by atoms with Gasteiger partial charge in [-0.15, -0.1) is 0 Å². The van der Waals surface area contributed by atoms with Gasteiger partial charge in [-0.25, -0.2) is 10.2 Å². The lowest BCUT2D eigenvalue weighted by Crippen LogP contribution is -2.25. The molecule has 3 aromatic rings. The predicted molar refractivity (Wildman–Crippen MR) is 158 cm³/mol. The molecule has 0 aliphatic heterocycles. The minimum Gasteiger partial charge on any atom is -0.484 e. The van der Waals surface area contributed by atoms with Crippen LogP contribution in [0.15, 0.2) is 80.8 Å². The van der Waals surface area contributed by atoms with Crippen molar-refractivity contribution in [2.45, 2.75) is 46.5 Å². The Hall–Kier alpha value is -2.97. The van der Waals surface area contributed by atoms with Crippen LogP contribution in [-0.4, -0.2) is 24.7 Å². The molecule has 0 fully saturated rings. The molecule has 1 N–H and O–H groups in total. The van der Waals surface area contributed by atoms with Gasteiger partial charge in [0, 0.05) is 10.0 Å². The summed E-state index contributed by atoms with van der Waals surface area (Å²) in [5.41, 5.74) is 4.82. The van der Waals surface area contributed by atoms with Gasteiger partial charge >= 0.3 is 5.97 Å². The lowest BCUT2D eigenvalue weighted by molar-refractivity contribution is -0.123. The number of carbonyl (C=O) groups excluding carboxylic acids is 2. The number of hydrogen-bond donors (Lipinski definition) is 1. The van der Waals surface area contributed by atoms with Gasteiger partial charge in [0.25, 0.3) is 5.91 Å². The van der Waals surface area contributed by atoms with Crippen LogP contribution in [-0.2, 0) is 10.2 Å². The zero-order chi connectivity index (χ0) is 27.9. The number of rotatable bonds is 9. The smallest absolute Gasteiger partial charge is 0.343 e. The van der Waals surface area contributed by atoms with Crippen LogP contribution in [0.25, 0.3) is 0 Å². The molecular weight excluding hydrogens is 612 g/mol. The maximum atomic E-state index is 12.6. The Morgan fingerprint density at radius 3 is 2.24 bits per heavy atom. The van der Waals surface area contributed by atoms with Crippen molar-refractivity contribution in [3.8, 4) is 11.5 Å². The third kappa shape index (κ3) is 8.81. The lowest BCUT2D eigenvalue weighted by Gasteiger charge is -2.33. The molecule has 3 aromatic carbocycles. The molecule has 0 saturated heterocycles. The van der Waals surface area contributed by atoms with Gasteiger partial charge in [-0.2, -0.15) is 5.10 Å². The van der Waals surface area contributed by atoms with Gasteiger partial charge in [-0.1, -0.05) is 80.9 Å². The number of ether oxygens (including phenoxy) is 2. The summed E-state index contributed by atoms with van der Waals surface area (Å²) in [6.45, 7) is 11.0. The Morgan fingerprint density at radius 1 is 0.947 bits per heavy atom. The molecule has 0 aliphatic rings. The van der Waals surface area contributed by atoms with E-state index in [9.17, 15) is 9.59 Å². The molecule has 0 radical (unpaired) electrons. The average molecular weight is 644 g/mol. The zero-order valence-electron chi connectivity index (χ0n) is 22.2. The molecule has 38 heavy (non-hydrogen) atoms. The fourth-order valence-corrected chi connectivity index (χ4v) is 5.63. The molecule has 6 nitrogen and oxygen atoms in total. The lowest BCUT2D eigenvalue weighted by atomic mass is 9.72. The molecule has 3 rings (SSSR count). The molecule has 0 unspecified atom stereocenters. The number of benzene rings is 3. The molecule has 8 heteroatoms. The van der Waals surface area contributed by atoms with Gasteiger partial charge in [0.05, 0.1) is 16.3 Å². The summed E-state index contributed by atoms with van der Waals surface area (Å²) in [5.74, 6) is -0.0416. The van der Waals surface area contributed by atoms with E-state index in [1.807, 2.05) is 30.3 Å². The Labute approximate surface area is 241 Å². The average Bonchev–Trinajstić information content (AvgIpc) is 2.84. The quantitative estimate of drug-likeness (QED) is 0.112. The van der Waals surface area contributed by atoms with Crippen LogP contribution in [0.2, 0.25) is 0 Å². The molecule has 0 bridgehead atoms. The number of hydrogen-bond acceptors (Lipinski definition) is 5. The van der Waals surface area contributed by atoms with E-state index in [-0.39, 0.29) is 23.2 Å². The number of esters is 1. The van der Waals surface area contributed by atoms with Crippen LogP contribution in [0.5, 0.6) is 11.5 Å². The maximum Gasteiger partial charge on any atom is 0.343 e. The summed E-state index contributed by atoms with van der Waals surface area (Å²) in [7, 11) is 0. The van der Waals surface area contributed by atoms with Crippen molar-refractivity contribution in [2.24, 2.45) is 10.5 Å². The Morgan fingerprint density at radius 2 is 1.61 bits per heavy atom. The second-order valence-electron chi connectivity index (χ2n) is 10.8. The first-order valence-electron chi connectivity index (χ1n) is 12.2. The van der Waals surface area contributed by atoms with Crippen LogP contribution in [0.4, 0.5) is 0 Å². The van der Waals surface area contributed by atoms with Crippen LogP contribution >= 0.6 is 31.9 Å². The van der Waals surface area contributed by atoms with Gasteiger partial charge in [-0.3, -0.25) is 4.79 Å². The molecule has 0 aromatic heterocycles. The summed E-state index contributed by atoms with van der Waals surface area (Å²) in [6, 6.07) is 20.0. The summed E-state index contributed by atoms with van der Waals surface area (Å²) >= 11 is 6.85. The van der Waals surface area contributed by atoms with Crippen molar-refractivity contribution in [2.75, 3.05) is 6.61 Å². The summed E-state index contributed by atoms with van der Waals surface area (Å²) < 4.78 is 12.5. The first-order valence-corrected chi connectivity index (χ1v) is 13.7. The molecule has 0 atom stereocenters. The second kappa shape index (κ2) is 12.7. The van der Waals surface area contributed by atoms with E-state index in [0.29, 0.717) is 21.3 Å². The number of halogens is 2. The minimum absolute atomic E-state index is 0.0264. The fraction of sp³-hybridized carbons (Fsp3) is 0.300. The minimum atomic E-state index is -0.506. The third-order valence-electron chi connectivity index (χ3n) is 5.61. The number of carbonyl (C=O) groups is 2. The molecule has 0 heterocycles. The number of nitrogens with zero attached hydrogens (tertiary/aromatic N) is 1. The maximum absolute atomic E-state index is 12.6. The molecule has 1 amide bonds. The van der Waals surface area contributed by atoms with Crippen molar-refractivity contribution in [1.29, 1.82) is 0 Å². The number of nitrogens with one attached hydrogen (secondary N) is 1. The highest BCUT2D eigenvalue weighted by molar-refractivity contribution is 9.11. The van der Waals surface area contributed by atoms with E-state index < -0.39 is 11.9 Å². The Balaban J connectivity index is 1.59. The highest BCUT2D eigenvalue weighted by atomic mass is 79.9. The van der Waals surface area contributed by atoms with E-state index in [1.54, 1.807) is 36.4 Å². The van der Waals surface area contributed by atoms with Crippen molar-refractivity contribution in [1.82, 2.24) is 5.43 Å². The van der Waals surface area contributed by atoms with Crippen molar-refractivity contribution in [3.05, 3.63) is 92.4 Å². The van der Waals surface area contributed by atoms with E-state index in [4.69, 9.17) is 9.47 Å². The molecule has 0 saturated carbocycles. The highest BCUT2D eigenvalue weighted by Crippen LogP contribution is 2.36. The molecule has 0 spiro atoms. The van der Waals surface area contributed by atoms with Crippen LogP contribution < -0.4 is 14.9 Å². The fourth-order valence-electron chi connectivity index (χ4n) is 4.29. The molecule has 0 aliphatic carbocycles. The largest absolute Gasteiger partial charge is 0.484 e. The third-order valence-corrected chi connectivity index (χ3v) is 6.66. The normalized spacial score (nSPS) is 11.9. The monoisotopic (exact) mass is 642 g/mol. The van der Waals surface area contributed by atoms with E-state index >= 15 is 0 Å². The first-order chi connectivity index (χ1) is 17.8. The van der Waals surface area contributed by atoms with Gasteiger partial charge in [0.1, 0.15) is 5.75 Å². The van der Waals surface area contributed by atoms with Crippen molar-refractivity contribution in [3.63, 3.8) is 0 Å². The van der Waals surface area contributed by atoms with E-state index in [0.717, 1.165) is 10.9 Å². The number of amides is 1. The van der Waals surface area contributed by atoms with Gasteiger partial charge < -0.3 is 9.47 Å². The highest BCUT2D eigenvalue weighted by Gasteiger charge is 2.27. The zero-order valence-corrected chi connectivity index (χ0v) is 25.4. The van der Waals surface area contributed by atoms with Gasteiger partial charge in [-0.05, 0) is 75.1 Å². The van der Waals surface area contributed by atoms with Gasteiger partial charge in [0.2, 0.25) is 0 Å². The summed E-state index contributed by atoms with van der Waals surface area (Å²) in [5, 5.41) is 4.02. The topological polar surface area (TPSA) is 77.0 Å². The first kappa shape index (κ1) is 29.6. The van der Waals surface area contributed by atoms with Gasteiger partial charge in [0.15, 0.2) is 12.4 Å². The van der Waals surface area contributed by atoms with Crippen LogP contribution in [0, 0.1) is 5.41 Å². The standard InChI is InChI=1S/C30H32Br2N2O4/c1-29(2,3)19-30(4,5)22-11-13-24(14-12-22)37-18-26(35)34-33-17-21-15-23(31)16-25(32)27(21)38-28(36)20-9-7-6-8-10-20/h6-17H,18-19H2,1-5H3,(H,34,35)/b33-17+. The summed E-state index contributed by atoms with van der Waals surface area (Å²) in [4.78, 5) is 24.9. The number of hydrazone groups is 1. The Bertz CT molecular complexity index is 1300. The van der Waals surface area contributed by atoms with Crippen molar-refractivity contribution < 1.29 is 19.1 Å². The van der Waals surface area contributed by atoms with Crippen LogP contribution in [0.3, 0.4) is 0 Å². The predicted octanol–water partition coefficient (Wildman–Crippen LogP) is 7.67. The van der Waals surface area contributed by atoms with Crippen LogP contribution in [0.1, 0.15) is 62.5 Å². The summed E-state index contributed by atoms with van der Waals surface area (Å²) in [6.07, 6.45) is 2.45. The SMILES string of the molecule is CC(C)(C)CC(C)(C)c1ccc(OCC(=O)N/N=C/c2cc(Br)cc(Br)c2OC(=O)c2ccccc2)cc1. The second-order valence-corrected chi connectivity index (χ2v) is 12.6. The van der Waals surface area contributed by atoms with E-state index in [2.05, 4.69) is 77.0 Å². The van der Waals surface area contributed by atoms with E-state index in [1.165, 1.54) is 11.8 Å². The Kier molecular flexibility index (Phi) is 9.90. The van der Waals surface area contributed by atoms with Crippen molar-refractivity contribution >= 4 is 50.0 Å². The molecular formula is C30H32Br2N2O4.